The minimum atomic E-state index is -0.614. The molecule has 1 aromatic heterocycles. The van der Waals surface area contributed by atoms with Gasteiger partial charge < -0.3 is 9.21 Å². The summed E-state index contributed by atoms with van der Waals surface area (Å²) in [6, 6.07) is 1.80. The van der Waals surface area contributed by atoms with Crippen molar-refractivity contribution in [3.8, 4) is 0 Å². The van der Waals surface area contributed by atoms with Gasteiger partial charge in [0, 0.05) is 5.56 Å². The highest BCUT2D eigenvalue weighted by molar-refractivity contribution is 5.71. The minimum Gasteiger partial charge on any atom is -0.469 e. The Hall–Kier alpha value is -1.31. The number of carbonyl (C=O) groups excluding carboxylic acids is 1. The zero-order valence-electron chi connectivity index (χ0n) is 7.33. The van der Waals surface area contributed by atoms with E-state index in [-0.39, 0.29) is 0 Å². The summed E-state index contributed by atoms with van der Waals surface area (Å²) >= 11 is 0. The summed E-state index contributed by atoms with van der Waals surface area (Å²) in [5.41, 5.74) is 0.268. The highest BCUT2D eigenvalue weighted by Gasteiger charge is 2.25. The molecule has 1 heterocycles. The van der Waals surface area contributed by atoms with E-state index in [1.54, 1.807) is 18.4 Å². The quantitative estimate of drug-likeness (QED) is 0.506. The monoisotopic (exact) mass is 164 g/mol. The molecular formula is C10H12O2. The van der Waals surface area contributed by atoms with E-state index in [9.17, 15) is 4.79 Å². The molecule has 0 aromatic carbocycles. The fraction of sp³-hybridized carbons (Fsp3) is 0.300. The zero-order valence-corrected chi connectivity index (χ0v) is 7.33. The SMILES string of the molecule is C=CC(C)(C=O)c1ccoc1C. The van der Waals surface area contributed by atoms with Crippen molar-refractivity contribution in [1.82, 2.24) is 0 Å². The number of carbonyl (C=O) groups is 1. The van der Waals surface area contributed by atoms with E-state index in [2.05, 4.69) is 6.58 Å². The Balaban J connectivity index is 3.19. The predicted molar refractivity (Wildman–Crippen MR) is 47.1 cm³/mol. The molecule has 1 unspecified atom stereocenters. The number of hydrogen-bond acceptors (Lipinski definition) is 2. The number of furan rings is 1. The largest absolute Gasteiger partial charge is 0.469 e. The maximum absolute atomic E-state index is 10.8. The first-order chi connectivity index (χ1) is 5.64. The van der Waals surface area contributed by atoms with Crippen LogP contribution >= 0.6 is 0 Å². The highest BCUT2D eigenvalue weighted by Crippen LogP contribution is 2.26. The first-order valence-corrected chi connectivity index (χ1v) is 3.78. The lowest BCUT2D eigenvalue weighted by Gasteiger charge is -2.16. The van der Waals surface area contributed by atoms with E-state index >= 15 is 0 Å². The van der Waals surface area contributed by atoms with Crippen molar-refractivity contribution in [3.05, 3.63) is 36.3 Å². The minimum absolute atomic E-state index is 0.614. The maximum atomic E-state index is 10.8. The van der Waals surface area contributed by atoms with E-state index in [1.807, 2.05) is 13.8 Å². The Morgan fingerprint density at radius 1 is 1.67 bits per heavy atom. The third-order valence-corrected chi connectivity index (χ3v) is 2.11. The van der Waals surface area contributed by atoms with Gasteiger partial charge in [0.2, 0.25) is 0 Å². The van der Waals surface area contributed by atoms with Crippen LogP contribution in [-0.4, -0.2) is 6.29 Å². The molecule has 1 atom stereocenters. The van der Waals surface area contributed by atoms with Crippen molar-refractivity contribution in [2.24, 2.45) is 0 Å². The van der Waals surface area contributed by atoms with Crippen LogP contribution in [0, 0.1) is 6.92 Å². The van der Waals surface area contributed by atoms with Gasteiger partial charge in [-0.1, -0.05) is 6.08 Å². The average Bonchev–Trinajstić information content (AvgIpc) is 2.51. The van der Waals surface area contributed by atoms with Gasteiger partial charge in [-0.05, 0) is 19.9 Å². The Kier molecular flexibility index (Phi) is 2.18. The van der Waals surface area contributed by atoms with Gasteiger partial charge in [0.1, 0.15) is 12.0 Å². The summed E-state index contributed by atoms with van der Waals surface area (Å²) in [6.07, 6.45) is 4.08. The average molecular weight is 164 g/mol. The van der Waals surface area contributed by atoms with E-state index in [0.29, 0.717) is 0 Å². The third-order valence-electron chi connectivity index (χ3n) is 2.11. The van der Waals surface area contributed by atoms with Gasteiger partial charge in [-0.2, -0.15) is 0 Å². The van der Waals surface area contributed by atoms with Crippen LogP contribution in [0.2, 0.25) is 0 Å². The summed E-state index contributed by atoms with van der Waals surface area (Å²) in [7, 11) is 0. The van der Waals surface area contributed by atoms with Crippen molar-refractivity contribution < 1.29 is 9.21 Å². The van der Waals surface area contributed by atoms with E-state index < -0.39 is 5.41 Å². The Morgan fingerprint density at radius 3 is 2.67 bits per heavy atom. The predicted octanol–water partition coefficient (Wildman–Crippen LogP) is 2.23. The highest BCUT2D eigenvalue weighted by atomic mass is 16.3. The van der Waals surface area contributed by atoms with E-state index in [1.165, 1.54) is 0 Å². The number of allylic oxidation sites excluding steroid dienone is 1. The van der Waals surface area contributed by atoms with Crippen LogP contribution in [0.4, 0.5) is 0 Å². The molecule has 0 amide bonds. The second-order valence-corrected chi connectivity index (χ2v) is 3.00. The van der Waals surface area contributed by atoms with Crippen molar-refractivity contribution in [3.63, 3.8) is 0 Å². The molecule has 0 aliphatic carbocycles. The molecule has 64 valence electrons. The number of aldehydes is 1. The summed E-state index contributed by atoms with van der Waals surface area (Å²) in [5.74, 6) is 0.768. The molecule has 0 aliphatic rings. The molecule has 2 heteroatoms. The van der Waals surface area contributed by atoms with Gasteiger partial charge in [0.05, 0.1) is 11.7 Å². The van der Waals surface area contributed by atoms with Crippen LogP contribution < -0.4 is 0 Å². The maximum Gasteiger partial charge on any atom is 0.134 e. The van der Waals surface area contributed by atoms with Crippen LogP contribution in [0.15, 0.2) is 29.4 Å². The second kappa shape index (κ2) is 2.97. The first-order valence-electron chi connectivity index (χ1n) is 3.78. The van der Waals surface area contributed by atoms with Crippen LogP contribution in [0.1, 0.15) is 18.2 Å². The first kappa shape index (κ1) is 8.78. The molecule has 0 bridgehead atoms. The molecule has 0 N–H and O–H groups in total. The smallest absolute Gasteiger partial charge is 0.134 e. The Morgan fingerprint density at radius 2 is 2.33 bits per heavy atom. The standard InChI is InChI=1S/C10H12O2/c1-4-10(3,7-11)9-5-6-12-8(9)2/h4-7H,1H2,2-3H3. The summed E-state index contributed by atoms with van der Waals surface area (Å²) in [4.78, 5) is 10.8. The summed E-state index contributed by atoms with van der Waals surface area (Å²) in [5, 5.41) is 0. The van der Waals surface area contributed by atoms with Crippen molar-refractivity contribution in [2.45, 2.75) is 19.3 Å². The molecule has 12 heavy (non-hydrogen) atoms. The van der Waals surface area contributed by atoms with Crippen molar-refractivity contribution in [1.29, 1.82) is 0 Å². The van der Waals surface area contributed by atoms with Gasteiger partial charge in [0.15, 0.2) is 0 Å². The molecule has 0 fully saturated rings. The molecule has 0 radical (unpaired) electrons. The molecule has 0 spiro atoms. The lowest BCUT2D eigenvalue weighted by atomic mass is 9.84. The lowest BCUT2D eigenvalue weighted by Crippen LogP contribution is -2.20. The van der Waals surface area contributed by atoms with Gasteiger partial charge in [-0.3, -0.25) is 0 Å². The van der Waals surface area contributed by atoms with Crippen LogP contribution in [0.5, 0.6) is 0 Å². The third kappa shape index (κ3) is 1.20. The van der Waals surface area contributed by atoms with Crippen LogP contribution in [0.3, 0.4) is 0 Å². The Labute approximate surface area is 71.9 Å². The number of aryl methyl sites for hydroxylation is 1. The van der Waals surface area contributed by atoms with Crippen LogP contribution in [-0.2, 0) is 10.2 Å². The van der Waals surface area contributed by atoms with E-state index in [4.69, 9.17) is 4.42 Å². The van der Waals surface area contributed by atoms with Crippen LogP contribution in [0.25, 0.3) is 0 Å². The van der Waals surface area contributed by atoms with E-state index in [0.717, 1.165) is 17.6 Å². The summed E-state index contributed by atoms with van der Waals surface area (Å²) in [6.45, 7) is 7.27. The zero-order chi connectivity index (χ0) is 9.19. The molecule has 0 saturated heterocycles. The molecular weight excluding hydrogens is 152 g/mol. The fourth-order valence-corrected chi connectivity index (χ4v) is 1.17. The van der Waals surface area contributed by atoms with Gasteiger partial charge >= 0.3 is 0 Å². The lowest BCUT2D eigenvalue weighted by molar-refractivity contribution is -0.110. The van der Waals surface area contributed by atoms with Gasteiger partial charge in [-0.25, -0.2) is 0 Å². The van der Waals surface area contributed by atoms with Crippen molar-refractivity contribution in [2.75, 3.05) is 0 Å². The topological polar surface area (TPSA) is 30.2 Å². The number of hydrogen-bond donors (Lipinski definition) is 0. The Bertz CT molecular complexity index is 289. The van der Waals surface area contributed by atoms with Crippen molar-refractivity contribution >= 4 is 6.29 Å². The van der Waals surface area contributed by atoms with Gasteiger partial charge in [-0.15, -0.1) is 6.58 Å². The molecule has 1 rings (SSSR count). The normalized spacial score (nSPS) is 15.2. The molecule has 2 nitrogen and oxygen atoms in total. The fourth-order valence-electron chi connectivity index (χ4n) is 1.17. The molecule has 1 aromatic rings. The number of rotatable bonds is 3. The van der Waals surface area contributed by atoms with Gasteiger partial charge in [0.25, 0.3) is 0 Å². The molecule has 0 aliphatic heterocycles. The molecule has 0 saturated carbocycles. The summed E-state index contributed by atoms with van der Waals surface area (Å²) < 4.78 is 5.11. The second-order valence-electron chi connectivity index (χ2n) is 3.00.